The first-order valence-corrected chi connectivity index (χ1v) is 5.35. The van der Waals surface area contributed by atoms with Gasteiger partial charge in [0.1, 0.15) is 6.10 Å². The van der Waals surface area contributed by atoms with Crippen molar-refractivity contribution in [3.05, 3.63) is 11.8 Å². The largest absolute Gasteiger partial charge is 0.501 e. The zero-order valence-corrected chi connectivity index (χ0v) is 8.66. The molecule has 0 radical (unpaired) electrons. The molecule has 2 rings (SSSR count). The summed E-state index contributed by atoms with van der Waals surface area (Å²) in [5.41, 5.74) is 0.604. The van der Waals surface area contributed by atoms with Gasteiger partial charge in [-0.25, -0.2) is 0 Å². The second-order valence-electron chi connectivity index (χ2n) is 4.33. The van der Waals surface area contributed by atoms with E-state index in [0.29, 0.717) is 0 Å². The van der Waals surface area contributed by atoms with Gasteiger partial charge in [0.15, 0.2) is 0 Å². The molecule has 0 spiro atoms. The number of aliphatic hydroxyl groups is 1. The first-order chi connectivity index (χ1) is 6.72. The molecule has 0 saturated carbocycles. The molecule has 2 atom stereocenters. The third-order valence-corrected chi connectivity index (χ3v) is 3.14. The maximum absolute atomic E-state index is 10.2. The van der Waals surface area contributed by atoms with Gasteiger partial charge in [0, 0.05) is 6.61 Å². The second kappa shape index (κ2) is 3.91. The molecule has 14 heavy (non-hydrogen) atoms. The van der Waals surface area contributed by atoms with E-state index in [4.69, 9.17) is 9.47 Å². The van der Waals surface area contributed by atoms with Crippen LogP contribution in [0.2, 0.25) is 0 Å². The number of hydrogen-bond donors (Lipinski definition) is 1. The number of ether oxygens (including phenoxy) is 2. The van der Waals surface area contributed by atoms with Crippen LogP contribution in [0, 0.1) is 0 Å². The predicted molar refractivity (Wildman–Crippen MR) is 52.9 cm³/mol. The van der Waals surface area contributed by atoms with Gasteiger partial charge < -0.3 is 14.6 Å². The van der Waals surface area contributed by atoms with Crippen molar-refractivity contribution < 1.29 is 14.6 Å². The SMILES string of the molecule is CC1(C(O)C2=COCCC2)CCCO1. The molecule has 0 bridgehead atoms. The first-order valence-electron chi connectivity index (χ1n) is 5.35. The third kappa shape index (κ3) is 1.79. The highest BCUT2D eigenvalue weighted by atomic mass is 16.5. The van der Waals surface area contributed by atoms with Gasteiger partial charge in [0.2, 0.25) is 0 Å². The smallest absolute Gasteiger partial charge is 0.107 e. The number of aliphatic hydroxyl groups excluding tert-OH is 1. The van der Waals surface area contributed by atoms with Crippen molar-refractivity contribution in [1.82, 2.24) is 0 Å². The quantitative estimate of drug-likeness (QED) is 0.732. The maximum Gasteiger partial charge on any atom is 0.107 e. The van der Waals surface area contributed by atoms with Crippen molar-refractivity contribution in [2.45, 2.75) is 44.3 Å². The average Bonchev–Trinajstić information content (AvgIpc) is 2.67. The molecule has 1 N–H and O–H groups in total. The van der Waals surface area contributed by atoms with Crippen LogP contribution >= 0.6 is 0 Å². The molecule has 3 heteroatoms. The first kappa shape index (κ1) is 9.99. The van der Waals surface area contributed by atoms with E-state index < -0.39 is 6.10 Å². The van der Waals surface area contributed by atoms with E-state index in [1.54, 1.807) is 6.26 Å². The summed E-state index contributed by atoms with van der Waals surface area (Å²) in [5, 5.41) is 10.2. The van der Waals surface area contributed by atoms with Crippen molar-refractivity contribution in [2.75, 3.05) is 13.2 Å². The number of rotatable bonds is 2. The van der Waals surface area contributed by atoms with Crippen molar-refractivity contribution in [1.29, 1.82) is 0 Å². The Morgan fingerprint density at radius 1 is 1.43 bits per heavy atom. The Morgan fingerprint density at radius 3 is 2.86 bits per heavy atom. The van der Waals surface area contributed by atoms with Crippen LogP contribution in [0.25, 0.3) is 0 Å². The normalized spacial score (nSPS) is 34.9. The van der Waals surface area contributed by atoms with Gasteiger partial charge >= 0.3 is 0 Å². The minimum absolute atomic E-state index is 0.382. The Hall–Kier alpha value is -0.540. The molecular formula is C11H18O3. The Balaban J connectivity index is 2.05. The van der Waals surface area contributed by atoms with E-state index >= 15 is 0 Å². The molecule has 80 valence electrons. The predicted octanol–water partition coefficient (Wildman–Crippen LogP) is 1.61. The van der Waals surface area contributed by atoms with Crippen LogP contribution in [0.5, 0.6) is 0 Å². The number of hydrogen-bond acceptors (Lipinski definition) is 3. The lowest BCUT2D eigenvalue weighted by Crippen LogP contribution is -2.40. The molecule has 2 aliphatic rings. The Labute approximate surface area is 84.7 Å². The molecular weight excluding hydrogens is 180 g/mol. The van der Waals surface area contributed by atoms with E-state index in [-0.39, 0.29) is 5.60 Å². The fraction of sp³-hybridized carbons (Fsp3) is 0.818. The zero-order valence-electron chi connectivity index (χ0n) is 8.66. The van der Waals surface area contributed by atoms with E-state index in [9.17, 15) is 5.11 Å². The molecule has 0 aromatic carbocycles. The second-order valence-corrected chi connectivity index (χ2v) is 4.33. The Kier molecular flexibility index (Phi) is 2.79. The monoisotopic (exact) mass is 198 g/mol. The van der Waals surface area contributed by atoms with Crippen molar-refractivity contribution in [3.63, 3.8) is 0 Å². The Bertz CT molecular complexity index is 229. The molecule has 0 aliphatic carbocycles. The van der Waals surface area contributed by atoms with Gasteiger partial charge in [0.05, 0.1) is 18.5 Å². The minimum Gasteiger partial charge on any atom is -0.501 e. The average molecular weight is 198 g/mol. The molecule has 2 heterocycles. The summed E-state index contributed by atoms with van der Waals surface area (Å²) in [6, 6.07) is 0. The summed E-state index contributed by atoms with van der Waals surface area (Å²) in [6.45, 7) is 3.52. The molecule has 2 unspecified atom stereocenters. The van der Waals surface area contributed by atoms with E-state index in [2.05, 4.69) is 0 Å². The molecule has 1 fully saturated rings. The molecule has 1 saturated heterocycles. The van der Waals surface area contributed by atoms with Crippen LogP contribution in [0.1, 0.15) is 32.6 Å². The highest BCUT2D eigenvalue weighted by Gasteiger charge is 2.39. The van der Waals surface area contributed by atoms with Gasteiger partial charge in [-0.15, -0.1) is 0 Å². The summed E-state index contributed by atoms with van der Waals surface area (Å²) >= 11 is 0. The highest BCUT2D eigenvalue weighted by molar-refractivity contribution is 5.13. The summed E-state index contributed by atoms with van der Waals surface area (Å²) in [7, 11) is 0. The van der Waals surface area contributed by atoms with Gasteiger partial charge in [-0.3, -0.25) is 0 Å². The van der Waals surface area contributed by atoms with Crippen LogP contribution < -0.4 is 0 Å². The van der Waals surface area contributed by atoms with E-state index in [1.165, 1.54) is 0 Å². The molecule has 3 nitrogen and oxygen atoms in total. The van der Waals surface area contributed by atoms with Gasteiger partial charge in [-0.2, -0.15) is 0 Å². The van der Waals surface area contributed by atoms with Gasteiger partial charge in [-0.05, 0) is 38.2 Å². The van der Waals surface area contributed by atoms with Crippen LogP contribution in [0.15, 0.2) is 11.8 Å². The fourth-order valence-corrected chi connectivity index (χ4v) is 2.19. The van der Waals surface area contributed by atoms with E-state index in [0.717, 1.165) is 44.5 Å². The lowest BCUT2D eigenvalue weighted by molar-refractivity contribution is -0.0649. The van der Waals surface area contributed by atoms with Crippen molar-refractivity contribution >= 4 is 0 Å². The zero-order chi connectivity index (χ0) is 10.0. The summed E-state index contributed by atoms with van der Waals surface area (Å²) < 4.78 is 10.8. The van der Waals surface area contributed by atoms with Crippen molar-refractivity contribution in [3.8, 4) is 0 Å². The van der Waals surface area contributed by atoms with Crippen LogP contribution in [-0.4, -0.2) is 30.0 Å². The molecule has 0 aromatic heterocycles. The molecule has 0 aromatic rings. The summed E-state index contributed by atoms with van der Waals surface area (Å²) in [5.74, 6) is 0. The summed E-state index contributed by atoms with van der Waals surface area (Å²) in [6.07, 6.45) is 5.12. The van der Waals surface area contributed by atoms with Crippen molar-refractivity contribution in [2.24, 2.45) is 0 Å². The van der Waals surface area contributed by atoms with Gasteiger partial charge in [-0.1, -0.05) is 0 Å². The standard InChI is InChI=1S/C11H18O3/c1-11(5-3-7-14-11)10(12)9-4-2-6-13-8-9/h8,10,12H,2-7H2,1H3. The molecule has 2 aliphatic heterocycles. The highest BCUT2D eigenvalue weighted by Crippen LogP contribution is 2.33. The Morgan fingerprint density at radius 2 is 2.29 bits per heavy atom. The van der Waals surface area contributed by atoms with Crippen LogP contribution in [0.4, 0.5) is 0 Å². The minimum atomic E-state index is -0.495. The summed E-state index contributed by atoms with van der Waals surface area (Å²) in [4.78, 5) is 0. The lowest BCUT2D eigenvalue weighted by Gasteiger charge is -2.32. The topological polar surface area (TPSA) is 38.7 Å². The third-order valence-electron chi connectivity index (χ3n) is 3.14. The van der Waals surface area contributed by atoms with E-state index in [1.807, 2.05) is 6.92 Å². The fourth-order valence-electron chi connectivity index (χ4n) is 2.19. The van der Waals surface area contributed by atoms with Crippen LogP contribution in [-0.2, 0) is 9.47 Å². The van der Waals surface area contributed by atoms with Gasteiger partial charge in [0.25, 0.3) is 0 Å². The van der Waals surface area contributed by atoms with Crippen LogP contribution in [0.3, 0.4) is 0 Å². The lowest BCUT2D eigenvalue weighted by atomic mass is 9.88. The molecule has 0 amide bonds. The maximum atomic E-state index is 10.2.